The molecule has 0 fully saturated rings. The Balaban J connectivity index is 2.20. The number of aromatic nitrogens is 4. The largest absolute Gasteiger partial charge is 0.433 e. The van der Waals surface area contributed by atoms with Crippen molar-refractivity contribution in [2.45, 2.75) is 19.6 Å². The SMILES string of the molecule is CCNc1nc(NCc2ncon2)cc(C(F)(F)F)n1. The zero-order chi connectivity index (χ0) is 14.6. The number of hydrogen-bond acceptors (Lipinski definition) is 7. The standard InChI is InChI=1S/C10H11F3N6O/c1-2-14-9-17-6(10(11,12)13)3-7(18-9)15-4-8-16-5-20-19-8/h3,5H,2,4H2,1H3,(H2,14,15,17,18). The van der Waals surface area contributed by atoms with E-state index in [0.29, 0.717) is 12.4 Å². The molecule has 0 bridgehead atoms. The molecule has 20 heavy (non-hydrogen) atoms. The van der Waals surface area contributed by atoms with Gasteiger partial charge >= 0.3 is 6.18 Å². The van der Waals surface area contributed by atoms with Crippen LogP contribution < -0.4 is 10.6 Å². The lowest BCUT2D eigenvalue weighted by molar-refractivity contribution is -0.141. The van der Waals surface area contributed by atoms with Gasteiger partial charge in [0.15, 0.2) is 11.5 Å². The van der Waals surface area contributed by atoms with Crippen molar-refractivity contribution in [1.29, 1.82) is 0 Å². The maximum absolute atomic E-state index is 12.7. The molecule has 0 atom stereocenters. The van der Waals surface area contributed by atoms with Gasteiger partial charge in [-0.05, 0) is 6.92 Å². The molecule has 108 valence electrons. The van der Waals surface area contributed by atoms with Crippen molar-refractivity contribution in [2.75, 3.05) is 17.2 Å². The fraction of sp³-hybridized carbons (Fsp3) is 0.400. The van der Waals surface area contributed by atoms with E-state index in [2.05, 4.69) is 35.3 Å². The Morgan fingerprint density at radius 1 is 1.25 bits per heavy atom. The Bertz CT molecular complexity index is 557. The summed E-state index contributed by atoms with van der Waals surface area (Å²) in [6.45, 7) is 2.23. The van der Waals surface area contributed by atoms with E-state index < -0.39 is 11.9 Å². The number of rotatable bonds is 5. The van der Waals surface area contributed by atoms with Crippen molar-refractivity contribution >= 4 is 11.8 Å². The summed E-state index contributed by atoms with van der Waals surface area (Å²) in [6, 6.07) is 0.820. The Morgan fingerprint density at radius 3 is 2.65 bits per heavy atom. The molecule has 2 heterocycles. The van der Waals surface area contributed by atoms with Crippen molar-refractivity contribution < 1.29 is 17.7 Å². The summed E-state index contributed by atoms with van der Waals surface area (Å²) in [5.74, 6) is 0.230. The molecular formula is C10H11F3N6O. The van der Waals surface area contributed by atoms with Crippen molar-refractivity contribution in [3.8, 4) is 0 Å². The lowest BCUT2D eigenvalue weighted by Gasteiger charge is -2.11. The molecule has 2 rings (SSSR count). The molecular weight excluding hydrogens is 277 g/mol. The molecule has 0 saturated heterocycles. The summed E-state index contributed by atoms with van der Waals surface area (Å²) in [5, 5.41) is 8.86. The maximum atomic E-state index is 12.7. The number of halogens is 3. The smallest absolute Gasteiger partial charge is 0.362 e. The Kier molecular flexibility index (Phi) is 4.01. The predicted molar refractivity (Wildman–Crippen MR) is 62.8 cm³/mol. The van der Waals surface area contributed by atoms with Crippen LogP contribution in [-0.2, 0) is 12.7 Å². The molecule has 0 radical (unpaired) electrons. The minimum absolute atomic E-state index is 0.0214. The second-order valence-corrected chi connectivity index (χ2v) is 3.69. The van der Waals surface area contributed by atoms with Gasteiger partial charge in [0.2, 0.25) is 12.3 Å². The third-order valence-corrected chi connectivity index (χ3v) is 2.19. The van der Waals surface area contributed by atoms with Crippen LogP contribution in [0.3, 0.4) is 0 Å². The normalized spacial score (nSPS) is 11.4. The summed E-state index contributed by atoms with van der Waals surface area (Å²) < 4.78 is 42.7. The minimum atomic E-state index is -4.55. The van der Waals surface area contributed by atoms with Crippen LogP contribution >= 0.6 is 0 Å². The zero-order valence-corrected chi connectivity index (χ0v) is 10.4. The Morgan fingerprint density at radius 2 is 2.05 bits per heavy atom. The third kappa shape index (κ3) is 3.56. The maximum Gasteiger partial charge on any atom is 0.433 e. The molecule has 0 aliphatic rings. The highest BCUT2D eigenvalue weighted by molar-refractivity contribution is 5.43. The van der Waals surface area contributed by atoms with Crippen molar-refractivity contribution in [3.63, 3.8) is 0 Å². The molecule has 2 N–H and O–H groups in total. The van der Waals surface area contributed by atoms with Crippen LogP contribution in [0.2, 0.25) is 0 Å². The minimum Gasteiger partial charge on any atom is -0.362 e. The van der Waals surface area contributed by atoms with Crippen LogP contribution in [0.15, 0.2) is 17.0 Å². The third-order valence-electron chi connectivity index (χ3n) is 2.19. The van der Waals surface area contributed by atoms with Crippen molar-refractivity contribution in [3.05, 3.63) is 24.0 Å². The van der Waals surface area contributed by atoms with Gasteiger partial charge in [0.25, 0.3) is 0 Å². The van der Waals surface area contributed by atoms with E-state index in [1.54, 1.807) is 6.92 Å². The summed E-state index contributed by atoms with van der Waals surface area (Å²) >= 11 is 0. The van der Waals surface area contributed by atoms with Gasteiger partial charge < -0.3 is 15.2 Å². The first kappa shape index (κ1) is 14.0. The summed E-state index contributed by atoms with van der Waals surface area (Å²) in [6.07, 6.45) is -3.42. The second kappa shape index (κ2) is 5.72. The van der Waals surface area contributed by atoms with E-state index in [1.807, 2.05) is 0 Å². The molecule has 0 aromatic carbocycles. The molecule has 2 aromatic rings. The average Bonchev–Trinajstić information content (AvgIpc) is 2.88. The molecule has 7 nitrogen and oxygen atoms in total. The van der Waals surface area contributed by atoms with Crippen LogP contribution in [0.1, 0.15) is 18.4 Å². The molecule has 10 heteroatoms. The molecule has 0 saturated carbocycles. The highest BCUT2D eigenvalue weighted by Crippen LogP contribution is 2.29. The summed E-state index contributed by atoms with van der Waals surface area (Å²) in [7, 11) is 0. The summed E-state index contributed by atoms with van der Waals surface area (Å²) in [5.41, 5.74) is -1.03. The van der Waals surface area contributed by atoms with Gasteiger partial charge in [-0.2, -0.15) is 23.1 Å². The molecule has 0 aliphatic heterocycles. The van der Waals surface area contributed by atoms with E-state index in [1.165, 1.54) is 0 Å². The Labute approximate surface area is 111 Å². The molecule has 0 aliphatic carbocycles. The molecule has 0 unspecified atom stereocenters. The van der Waals surface area contributed by atoms with Crippen molar-refractivity contribution in [2.24, 2.45) is 0 Å². The molecule has 0 spiro atoms. The topological polar surface area (TPSA) is 88.8 Å². The van der Waals surface area contributed by atoms with Gasteiger partial charge in [0.1, 0.15) is 5.82 Å². The van der Waals surface area contributed by atoms with Crippen molar-refractivity contribution in [1.82, 2.24) is 20.1 Å². The number of anilines is 2. The predicted octanol–water partition coefficient (Wildman–Crippen LogP) is 1.92. The van der Waals surface area contributed by atoms with Gasteiger partial charge in [-0.3, -0.25) is 0 Å². The summed E-state index contributed by atoms with van der Waals surface area (Å²) in [4.78, 5) is 11.1. The van der Waals surface area contributed by atoms with E-state index in [4.69, 9.17) is 0 Å². The van der Waals surface area contributed by atoms with Gasteiger partial charge in [-0.15, -0.1) is 0 Å². The Hall–Kier alpha value is -2.39. The first-order chi connectivity index (χ1) is 9.49. The van der Waals surface area contributed by atoms with Gasteiger partial charge in [-0.1, -0.05) is 5.16 Å². The number of nitrogens with zero attached hydrogens (tertiary/aromatic N) is 4. The quantitative estimate of drug-likeness (QED) is 0.868. The van der Waals surface area contributed by atoms with Crippen LogP contribution in [-0.4, -0.2) is 26.7 Å². The molecule has 2 aromatic heterocycles. The first-order valence-corrected chi connectivity index (χ1v) is 5.68. The van der Waals surface area contributed by atoms with Crippen LogP contribution in [0.25, 0.3) is 0 Å². The lowest BCUT2D eigenvalue weighted by Crippen LogP contribution is -2.14. The highest BCUT2D eigenvalue weighted by Gasteiger charge is 2.33. The van der Waals surface area contributed by atoms with E-state index in [0.717, 1.165) is 12.5 Å². The number of hydrogen-bond donors (Lipinski definition) is 2. The fourth-order valence-electron chi connectivity index (χ4n) is 1.36. The van der Waals surface area contributed by atoms with E-state index in [-0.39, 0.29) is 18.3 Å². The number of nitrogens with one attached hydrogen (secondary N) is 2. The van der Waals surface area contributed by atoms with Crippen LogP contribution in [0.4, 0.5) is 24.9 Å². The zero-order valence-electron chi connectivity index (χ0n) is 10.4. The second-order valence-electron chi connectivity index (χ2n) is 3.69. The van der Waals surface area contributed by atoms with Gasteiger partial charge in [0.05, 0.1) is 6.54 Å². The van der Waals surface area contributed by atoms with E-state index in [9.17, 15) is 13.2 Å². The van der Waals surface area contributed by atoms with E-state index >= 15 is 0 Å². The fourth-order valence-corrected chi connectivity index (χ4v) is 1.36. The molecule has 0 amide bonds. The van der Waals surface area contributed by atoms with Crippen LogP contribution in [0.5, 0.6) is 0 Å². The average molecular weight is 288 g/mol. The first-order valence-electron chi connectivity index (χ1n) is 5.68. The number of alkyl halides is 3. The van der Waals surface area contributed by atoms with Crippen LogP contribution in [0, 0.1) is 0 Å². The van der Waals surface area contributed by atoms with Gasteiger partial charge in [0, 0.05) is 12.6 Å². The monoisotopic (exact) mass is 288 g/mol. The lowest BCUT2D eigenvalue weighted by atomic mass is 10.3. The highest BCUT2D eigenvalue weighted by atomic mass is 19.4. The van der Waals surface area contributed by atoms with Gasteiger partial charge in [-0.25, -0.2) is 4.98 Å².